The second-order valence-corrected chi connectivity index (χ2v) is 7.50. The third-order valence-electron chi connectivity index (χ3n) is 5.19. The Labute approximate surface area is 186 Å². The number of ether oxygens (including phenoxy) is 2. The van der Waals surface area contributed by atoms with E-state index >= 15 is 0 Å². The van der Waals surface area contributed by atoms with E-state index in [0.717, 1.165) is 39.2 Å². The van der Waals surface area contributed by atoms with Gasteiger partial charge in [-0.25, -0.2) is 4.98 Å². The van der Waals surface area contributed by atoms with Gasteiger partial charge >= 0.3 is 0 Å². The van der Waals surface area contributed by atoms with Gasteiger partial charge in [0.15, 0.2) is 17.3 Å². The molecule has 0 bridgehead atoms. The molecule has 2 aromatic heterocycles. The molecule has 164 valence electrons. The number of rotatable bonds is 8. The lowest BCUT2D eigenvalue weighted by Gasteiger charge is -2.14. The number of hydrogen-bond acceptors (Lipinski definition) is 6. The first-order chi connectivity index (χ1) is 15.5. The van der Waals surface area contributed by atoms with Crippen molar-refractivity contribution in [3.05, 3.63) is 71.5 Å². The molecule has 4 rings (SSSR count). The van der Waals surface area contributed by atoms with Gasteiger partial charge in [-0.1, -0.05) is 24.3 Å². The fourth-order valence-electron chi connectivity index (χ4n) is 3.57. The van der Waals surface area contributed by atoms with Crippen LogP contribution in [0.3, 0.4) is 0 Å². The first-order valence-electron chi connectivity index (χ1n) is 10.2. The van der Waals surface area contributed by atoms with Gasteiger partial charge in [0.2, 0.25) is 5.91 Å². The average Bonchev–Trinajstić information content (AvgIpc) is 3.23. The minimum absolute atomic E-state index is 0.232. The number of nitrogens with one attached hydrogen (secondary N) is 1. The summed E-state index contributed by atoms with van der Waals surface area (Å²) in [4.78, 5) is 15.9. The van der Waals surface area contributed by atoms with E-state index in [-0.39, 0.29) is 12.3 Å². The van der Waals surface area contributed by atoms with Crippen LogP contribution < -0.4 is 20.5 Å². The number of nitrogens with two attached hydrogens (primary N) is 1. The van der Waals surface area contributed by atoms with Crippen LogP contribution >= 0.6 is 0 Å². The Bertz CT molecular complexity index is 1260. The van der Waals surface area contributed by atoms with Gasteiger partial charge in [0.1, 0.15) is 11.5 Å². The zero-order valence-corrected chi connectivity index (χ0v) is 18.3. The third kappa shape index (κ3) is 4.51. The Balaban J connectivity index is 1.71. The topological polar surface area (TPSA) is 99.6 Å². The van der Waals surface area contributed by atoms with Crippen molar-refractivity contribution >= 4 is 22.5 Å². The van der Waals surface area contributed by atoms with Crippen LogP contribution in [0.15, 0.2) is 59.0 Å². The molecule has 0 radical (unpaired) electrons. The molecule has 32 heavy (non-hydrogen) atoms. The van der Waals surface area contributed by atoms with E-state index in [0.29, 0.717) is 23.8 Å². The number of carbonyl (C=O) groups excluding carboxylic acids is 1. The van der Waals surface area contributed by atoms with Crippen LogP contribution in [0.4, 0.5) is 5.69 Å². The van der Waals surface area contributed by atoms with Gasteiger partial charge in [-0.15, -0.1) is 0 Å². The smallest absolute Gasteiger partial charge is 0.221 e. The maximum absolute atomic E-state index is 11.1. The van der Waals surface area contributed by atoms with E-state index < -0.39 is 0 Å². The zero-order valence-electron chi connectivity index (χ0n) is 18.3. The molecule has 7 nitrogen and oxygen atoms in total. The SMILES string of the molecule is COc1cc2nc(-c3ccc(C)o3)cc(NCc3ccc(CC(N)=O)cc3)c2cc1OC. The zero-order chi connectivity index (χ0) is 22.7. The second kappa shape index (κ2) is 9.01. The highest BCUT2D eigenvalue weighted by atomic mass is 16.5. The van der Waals surface area contributed by atoms with E-state index in [1.54, 1.807) is 14.2 Å². The molecular weight excluding hydrogens is 406 g/mol. The number of benzene rings is 2. The highest BCUT2D eigenvalue weighted by Crippen LogP contribution is 2.37. The molecule has 0 aliphatic carbocycles. The van der Waals surface area contributed by atoms with Crippen LogP contribution in [-0.2, 0) is 17.8 Å². The van der Waals surface area contributed by atoms with Crippen LogP contribution in [0.1, 0.15) is 16.9 Å². The van der Waals surface area contributed by atoms with Crippen molar-refractivity contribution in [2.75, 3.05) is 19.5 Å². The number of amides is 1. The number of anilines is 1. The average molecular weight is 431 g/mol. The van der Waals surface area contributed by atoms with Gasteiger partial charge in [0.05, 0.1) is 26.2 Å². The van der Waals surface area contributed by atoms with Crippen LogP contribution in [0.25, 0.3) is 22.4 Å². The second-order valence-electron chi connectivity index (χ2n) is 7.50. The Morgan fingerprint density at radius 2 is 1.69 bits per heavy atom. The molecule has 2 aromatic carbocycles. The highest BCUT2D eigenvalue weighted by Gasteiger charge is 2.14. The molecular formula is C25H25N3O4. The molecule has 0 saturated carbocycles. The Morgan fingerprint density at radius 1 is 1.00 bits per heavy atom. The number of methoxy groups -OCH3 is 2. The van der Waals surface area contributed by atoms with Crippen molar-refractivity contribution in [2.45, 2.75) is 19.9 Å². The molecule has 0 atom stereocenters. The minimum atomic E-state index is -0.343. The number of aromatic nitrogens is 1. The standard InChI is InChI=1S/C25H25N3O4/c1-15-4-9-22(32-15)21-12-19(18-11-23(30-2)24(31-3)13-20(18)28-21)27-14-17-7-5-16(6-8-17)10-25(26)29/h4-9,11-13H,10,14H2,1-3H3,(H2,26,29)(H,27,28). The van der Waals surface area contributed by atoms with Crippen molar-refractivity contribution in [2.24, 2.45) is 5.73 Å². The van der Waals surface area contributed by atoms with Gasteiger partial charge in [-0.3, -0.25) is 4.79 Å². The quantitative estimate of drug-likeness (QED) is 0.427. The van der Waals surface area contributed by atoms with Crippen molar-refractivity contribution in [3.8, 4) is 23.0 Å². The summed E-state index contributed by atoms with van der Waals surface area (Å²) in [5, 5.41) is 4.40. The molecule has 7 heteroatoms. The first-order valence-corrected chi connectivity index (χ1v) is 10.2. The van der Waals surface area contributed by atoms with E-state index in [4.69, 9.17) is 24.6 Å². The summed E-state index contributed by atoms with van der Waals surface area (Å²) >= 11 is 0. The largest absolute Gasteiger partial charge is 0.493 e. The predicted molar refractivity (Wildman–Crippen MR) is 124 cm³/mol. The summed E-state index contributed by atoms with van der Waals surface area (Å²) < 4.78 is 16.7. The van der Waals surface area contributed by atoms with Gasteiger partial charge in [0.25, 0.3) is 0 Å². The summed E-state index contributed by atoms with van der Waals surface area (Å²) in [5.41, 5.74) is 9.60. The number of furan rings is 1. The lowest BCUT2D eigenvalue weighted by molar-refractivity contribution is -0.117. The molecule has 0 aliphatic heterocycles. The Hall–Kier alpha value is -4.00. The summed E-state index contributed by atoms with van der Waals surface area (Å²) in [6, 6.07) is 17.4. The lowest BCUT2D eigenvalue weighted by Crippen LogP contribution is -2.13. The van der Waals surface area contributed by atoms with Crippen molar-refractivity contribution in [1.29, 1.82) is 0 Å². The number of primary amides is 1. The summed E-state index contributed by atoms with van der Waals surface area (Å²) in [7, 11) is 3.21. The predicted octanol–water partition coefficient (Wildman–Crippen LogP) is 4.46. The third-order valence-corrected chi connectivity index (χ3v) is 5.19. The van der Waals surface area contributed by atoms with Crippen molar-refractivity contribution in [3.63, 3.8) is 0 Å². The highest BCUT2D eigenvalue weighted by molar-refractivity contribution is 5.95. The van der Waals surface area contributed by atoms with Crippen LogP contribution in [0, 0.1) is 6.92 Å². The maximum Gasteiger partial charge on any atom is 0.221 e. The number of nitrogens with zero attached hydrogens (tertiary/aromatic N) is 1. The summed E-state index contributed by atoms with van der Waals surface area (Å²) in [6.07, 6.45) is 0.232. The van der Waals surface area contributed by atoms with Crippen LogP contribution in [0.5, 0.6) is 11.5 Å². The lowest BCUT2D eigenvalue weighted by atomic mass is 10.1. The van der Waals surface area contributed by atoms with Crippen LogP contribution in [-0.4, -0.2) is 25.1 Å². The van der Waals surface area contributed by atoms with E-state index in [1.807, 2.05) is 61.5 Å². The summed E-state index contributed by atoms with van der Waals surface area (Å²) in [6.45, 7) is 2.49. The van der Waals surface area contributed by atoms with Gasteiger partial charge in [0, 0.05) is 23.7 Å². The number of hydrogen-bond donors (Lipinski definition) is 2. The van der Waals surface area contributed by atoms with Crippen LogP contribution in [0.2, 0.25) is 0 Å². The van der Waals surface area contributed by atoms with E-state index in [1.165, 1.54) is 0 Å². The van der Waals surface area contributed by atoms with Crippen molar-refractivity contribution < 1.29 is 18.7 Å². The monoisotopic (exact) mass is 431 g/mol. The van der Waals surface area contributed by atoms with Crippen molar-refractivity contribution in [1.82, 2.24) is 4.98 Å². The number of carbonyl (C=O) groups is 1. The molecule has 0 unspecified atom stereocenters. The number of pyridine rings is 1. The maximum atomic E-state index is 11.1. The molecule has 1 amide bonds. The van der Waals surface area contributed by atoms with Gasteiger partial charge in [-0.05, 0) is 42.3 Å². The molecule has 0 saturated heterocycles. The Morgan fingerprint density at radius 3 is 2.31 bits per heavy atom. The molecule has 0 fully saturated rings. The number of aryl methyl sites for hydroxylation is 1. The number of fused-ring (bicyclic) bond motifs is 1. The molecule has 0 spiro atoms. The normalized spacial score (nSPS) is 10.8. The first kappa shape index (κ1) is 21.2. The molecule has 3 N–H and O–H groups in total. The van der Waals surface area contributed by atoms with Gasteiger partial charge < -0.3 is 24.9 Å². The minimum Gasteiger partial charge on any atom is -0.493 e. The molecule has 4 aromatic rings. The fraction of sp³-hybridized carbons (Fsp3) is 0.200. The molecule has 0 aliphatic rings. The fourth-order valence-corrected chi connectivity index (χ4v) is 3.57. The van der Waals surface area contributed by atoms with Gasteiger partial charge in [-0.2, -0.15) is 0 Å². The molecule has 2 heterocycles. The Kier molecular flexibility index (Phi) is 5.98. The summed E-state index contributed by atoms with van der Waals surface area (Å²) in [5.74, 6) is 2.40. The van der Waals surface area contributed by atoms with E-state index in [9.17, 15) is 4.79 Å². The van der Waals surface area contributed by atoms with E-state index in [2.05, 4.69) is 5.32 Å².